The molecule has 156 valence electrons. The lowest BCUT2D eigenvalue weighted by Crippen LogP contribution is -2.35. The molecule has 0 bridgehead atoms. The van der Waals surface area contributed by atoms with Crippen molar-refractivity contribution in [3.8, 4) is 11.1 Å². The SMILES string of the molecule is CCCCc1nc(C(C)F)n(Cc2ccc(-c3ccccc3C3=NNNN3)cc2)n1. The van der Waals surface area contributed by atoms with Crippen molar-refractivity contribution in [3.05, 3.63) is 71.3 Å². The lowest BCUT2D eigenvalue weighted by molar-refractivity contribution is 0.341. The Hall–Kier alpha value is -3.26. The average molecular weight is 407 g/mol. The summed E-state index contributed by atoms with van der Waals surface area (Å²) in [6.07, 6.45) is 1.69. The first-order valence-corrected chi connectivity index (χ1v) is 10.3. The Balaban J connectivity index is 1.56. The van der Waals surface area contributed by atoms with Crippen LogP contribution in [-0.4, -0.2) is 20.6 Å². The molecule has 2 aromatic carbocycles. The van der Waals surface area contributed by atoms with Crippen LogP contribution in [0.1, 0.15) is 55.6 Å². The van der Waals surface area contributed by atoms with Crippen LogP contribution in [0.4, 0.5) is 4.39 Å². The van der Waals surface area contributed by atoms with E-state index in [1.54, 1.807) is 4.68 Å². The molecule has 2 heterocycles. The molecule has 3 N–H and O–H groups in total. The summed E-state index contributed by atoms with van der Waals surface area (Å²) in [6, 6.07) is 16.3. The first-order chi connectivity index (χ1) is 14.7. The molecule has 0 amide bonds. The van der Waals surface area contributed by atoms with Crippen LogP contribution in [0.2, 0.25) is 0 Å². The zero-order valence-corrected chi connectivity index (χ0v) is 17.2. The Labute approximate surface area is 175 Å². The molecular weight excluding hydrogens is 381 g/mol. The Morgan fingerprint density at radius 2 is 1.83 bits per heavy atom. The first kappa shape index (κ1) is 20.0. The van der Waals surface area contributed by atoms with Crippen LogP contribution >= 0.6 is 0 Å². The summed E-state index contributed by atoms with van der Waals surface area (Å²) in [5, 5.41) is 8.74. The Morgan fingerprint density at radius 1 is 1.07 bits per heavy atom. The average Bonchev–Trinajstić information content (AvgIpc) is 3.43. The summed E-state index contributed by atoms with van der Waals surface area (Å²) in [6.45, 7) is 4.12. The van der Waals surface area contributed by atoms with E-state index in [9.17, 15) is 4.39 Å². The van der Waals surface area contributed by atoms with Gasteiger partial charge in [0.25, 0.3) is 0 Å². The van der Waals surface area contributed by atoms with Crippen molar-refractivity contribution in [3.63, 3.8) is 0 Å². The van der Waals surface area contributed by atoms with Gasteiger partial charge in [-0.15, -0.1) is 10.6 Å². The molecule has 1 unspecified atom stereocenters. The van der Waals surface area contributed by atoms with E-state index in [0.717, 1.165) is 47.4 Å². The number of rotatable bonds is 8. The minimum absolute atomic E-state index is 0.390. The number of halogens is 1. The summed E-state index contributed by atoms with van der Waals surface area (Å²) in [5.41, 5.74) is 12.6. The lowest BCUT2D eigenvalue weighted by atomic mass is 9.98. The normalized spacial score (nSPS) is 14.2. The first-order valence-electron chi connectivity index (χ1n) is 10.3. The maximum absolute atomic E-state index is 14.1. The van der Waals surface area contributed by atoms with Crippen molar-refractivity contribution in [2.24, 2.45) is 5.10 Å². The molecule has 0 spiro atoms. The van der Waals surface area contributed by atoms with Crippen LogP contribution in [0.15, 0.2) is 53.6 Å². The third-order valence-electron chi connectivity index (χ3n) is 5.04. The highest BCUT2D eigenvalue weighted by molar-refractivity contribution is 6.04. The molecule has 1 atom stereocenters. The number of aryl methyl sites for hydroxylation is 1. The van der Waals surface area contributed by atoms with E-state index in [2.05, 4.69) is 56.8 Å². The fraction of sp³-hybridized carbons (Fsp3) is 0.318. The van der Waals surface area contributed by atoms with Gasteiger partial charge in [0, 0.05) is 12.0 Å². The molecule has 0 saturated carbocycles. The van der Waals surface area contributed by atoms with Gasteiger partial charge in [0.15, 0.2) is 23.7 Å². The summed E-state index contributed by atoms with van der Waals surface area (Å²) in [7, 11) is 0. The molecular formula is C22H26FN7. The zero-order valence-electron chi connectivity index (χ0n) is 17.2. The second-order valence-electron chi connectivity index (χ2n) is 7.33. The van der Waals surface area contributed by atoms with Crippen LogP contribution in [0.5, 0.6) is 0 Å². The molecule has 8 heteroatoms. The monoisotopic (exact) mass is 407 g/mol. The lowest BCUT2D eigenvalue weighted by Gasteiger charge is -2.11. The van der Waals surface area contributed by atoms with E-state index < -0.39 is 6.17 Å². The van der Waals surface area contributed by atoms with E-state index in [4.69, 9.17) is 0 Å². The molecule has 3 aromatic rings. The maximum atomic E-state index is 14.1. The van der Waals surface area contributed by atoms with Gasteiger partial charge in [0.1, 0.15) is 0 Å². The van der Waals surface area contributed by atoms with Gasteiger partial charge in [0.2, 0.25) is 0 Å². The number of unbranched alkanes of at least 4 members (excludes halogenated alkanes) is 1. The quantitative estimate of drug-likeness (QED) is 0.531. The molecule has 1 aliphatic heterocycles. The van der Waals surface area contributed by atoms with Crippen LogP contribution < -0.4 is 16.5 Å². The number of hydrogen-bond donors (Lipinski definition) is 3. The Kier molecular flexibility index (Phi) is 6.04. The highest BCUT2D eigenvalue weighted by Crippen LogP contribution is 2.25. The Morgan fingerprint density at radius 3 is 2.50 bits per heavy atom. The number of hydrazone groups is 1. The molecule has 0 saturated heterocycles. The van der Waals surface area contributed by atoms with Gasteiger partial charge in [-0.05, 0) is 30.0 Å². The summed E-state index contributed by atoms with van der Waals surface area (Å²) < 4.78 is 15.7. The molecule has 1 aromatic heterocycles. The second kappa shape index (κ2) is 9.04. The molecule has 0 aliphatic carbocycles. The maximum Gasteiger partial charge on any atom is 0.171 e. The topological polar surface area (TPSA) is 79.2 Å². The van der Waals surface area contributed by atoms with Crippen LogP contribution in [0, 0.1) is 0 Å². The standard InChI is InChI=1S/C22H26FN7/c1-3-4-9-20-24-22(15(2)23)30(27-20)14-16-10-12-17(13-11-16)18-7-5-6-8-19(18)21-25-28-29-26-21/h5-8,10-13,15,28-29H,3-4,9,14H2,1-2H3,(H,25,26). The number of benzene rings is 2. The number of hydrazine groups is 2. The van der Waals surface area contributed by atoms with Crippen molar-refractivity contribution in [1.29, 1.82) is 0 Å². The summed E-state index contributed by atoms with van der Waals surface area (Å²) in [5.74, 6) is 1.84. The van der Waals surface area contributed by atoms with E-state index in [1.807, 2.05) is 30.3 Å². The molecule has 0 radical (unpaired) electrons. The van der Waals surface area contributed by atoms with Gasteiger partial charge in [-0.1, -0.05) is 61.9 Å². The smallest absolute Gasteiger partial charge is 0.171 e. The molecule has 4 rings (SSSR count). The van der Waals surface area contributed by atoms with Crippen LogP contribution in [0.3, 0.4) is 0 Å². The minimum Gasteiger partial charge on any atom is -0.285 e. The van der Waals surface area contributed by atoms with Gasteiger partial charge in [-0.25, -0.2) is 19.6 Å². The highest BCUT2D eigenvalue weighted by atomic mass is 19.1. The van der Waals surface area contributed by atoms with Crippen molar-refractivity contribution in [2.45, 2.75) is 45.8 Å². The minimum atomic E-state index is -1.15. The van der Waals surface area contributed by atoms with E-state index >= 15 is 0 Å². The number of alkyl halides is 1. The third kappa shape index (κ3) is 4.33. The molecule has 7 nitrogen and oxygen atoms in total. The summed E-state index contributed by atoms with van der Waals surface area (Å²) >= 11 is 0. The largest absolute Gasteiger partial charge is 0.285 e. The predicted octanol–water partition coefficient (Wildman–Crippen LogP) is 3.64. The van der Waals surface area contributed by atoms with Crippen molar-refractivity contribution in [1.82, 2.24) is 31.3 Å². The van der Waals surface area contributed by atoms with Gasteiger partial charge >= 0.3 is 0 Å². The van der Waals surface area contributed by atoms with Crippen LogP contribution in [0.25, 0.3) is 11.1 Å². The van der Waals surface area contributed by atoms with Gasteiger partial charge < -0.3 is 0 Å². The van der Waals surface area contributed by atoms with E-state index in [0.29, 0.717) is 18.2 Å². The number of amidine groups is 1. The highest BCUT2D eigenvalue weighted by Gasteiger charge is 2.17. The number of aromatic nitrogens is 3. The van der Waals surface area contributed by atoms with Crippen molar-refractivity contribution >= 4 is 5.84 Å². The third-order valence-corrected chi connectivity index (χ3v) is 5.04. The fourth-order valence-corrected chi connectivity index (χ4v) is 3.48. The zero-order chi connectivity index (χ0) is 20.9. The fourth-order valence-electron chi connectivity index (χ4n) is 3.48. The number of nitrogens with one attached hydrogen (secondary N) is 3. The summed E-state index contributed by atoms with van der Waals surface area (Å²) in [4.78, 5) is 4.41. The second-order valence-corrected chi connectivity index (χ2v) is 7.33. The van der Waals surface area contributed by atoms with Crippen LogP contribution in [-0.2, 0) is 13.0 Å². The molecule has 30 heavy (non-hydrogen) atoms. The molecule has 0 fully saturated rings. The number of hydrogen-bond acceptors (Lipinski definition) is 6. The van der Waals surface area contributed by atoms with E-state index in [-0.39, 0.29) is 0 Å². The Bertz CT molecular complexity index is 1020. The van der Waals surface area contributed by atoms with Gasteiger partial charge in [-0.2, -0.15) is 5.10 Å². The van der Waals surface area contributed by atoms with Gasteiger partial charge in [-0.3, -0.25) is 5.43 Å². The van der Waals surface area contributed by atoms with E-state index in [1.165, 1.54) is 6.92 Å². The van der Waals surface area contributed by atoms with Crippen molar-refractivity contribution in [2.75, 3.05) is 0 Å². The molecule has 1 aliphatic rings. The van der Waals surface area contributed by atoms with Gasteiger partial charge in [0.05, 0.1) is 6.54 Å². The van der Waals surface area contributed by atoms with Crippen molar-refractivity contribution < 1.29 is 4.39 Å². The number of nitrogens with zero attached hydrogens (tertiary/aromatic N) is 4. The predicted molar refractivity (Wildman–Crippen MR) is 115 cm³/mol.